The van der Waals surface area contributed by atoms with Crippen LogP contribution in [0.4, 0.5) is 0 Å². The summed E-state index contributed by atoms with van der Waals surface area (Å²) < 4.78 is 2.40. The van der Waals surface area contributed by atoms with Crippen LogP contribution in [0.2, 0.25) is 0 Å². The Morgan fingerprint density at radius 1 is 1.20 bits per heavy atom. The number of hydrogen-bond acceptors (Lipinski definition) is 2. The number of aryl methyl sites for hydroxylation is 1. The van der Waals surface area contributed by atoms with Crippen LogP contribution in [0, 0.1) is 6.92 Å². The fourth-order valence-electron chi connectivity index (χ4n) is 1.82. The van der Waals surface area contributed by atoms with Crippen molar-refractivity contribution in [2.75, 3.05) is 0 Å². The molecule has 15 heavy (non-hydrogen) atoms. The summed E-state index contributed by atoms with van der Waals surface area (Å²) >= 11 is 5.35. The number of aromatic nitrogens is 1. The van der Waals surface area contributed by atoms with Crippen LogP contribution in [-0.2, 0) is 0 Å². The quantitative estimate of drug-likeness (QED) is 0.589. The molecule has 3 rings (SSSR count). The molecule has 0 saturated carbocycles. The summed E-state index contributed by atoms with van der Waals surface area (Å²) in [5, 5.41) is 3.58. The van der Waals surface area contributed by atoms with E-state index in [1.165, 1.54) is 15.5 Å². The molecule has 0 amide bonds. The molecular weight excluding hydrogens is 270 g/mol. The highest BCUT2D eigenvalue weighted by atomic mass is 79.9. The fraction of sp³-hybridized carbons (Fsp3) is 0.0833. The molecule has 3 aromatic rings. The molecule has 74 valence electrons. The maximum atomic E-state index is 4.58. The average Bonchev–Trinajstić information content (AvgIpc) is 2.59. The molecule has 1 aromatic heterocycles. The van der Waals surface area contributed by atoms with Crippen molar-refractivity contribution in [3.63, 3.8) is 0 Å². The highest BCUT2D eigenvalue weighted by molar-refractivity contribution is 9.10. The third-order valence-corrected chi connectivity index (χ3v) is 4.03. The van der Waals surface area contributed by atoms with Crippen LogP contribution < -0.4 is 0 Å². The number of benzene rings is 2. The standard InChI is InChI=1S/C12H8BrNS/c1-7-14-12-9-5-3-2-4-8(9)10(13)6-11(12)15-7/h2-6H,1H3. The van der Waals surface area contributed by atoms with Crippen LogP contribution in [0.3, 0.4) is 0 Å². The second-order valence-corrected chi connectivity index (χ2v) is 5.57. The number of halogens is 1. The Morgan fingerprint density at radius 2 is 1.93 bits per heavy atom. The SMILES string of the molecule is Cc1nc2c(cc(Br)c3ccccc32)s1. The van der Waals surface area contributed by atoms with Gasteiger partial charge in [-0.15, -0.1) is 11.3 Å². The Morgan fingerprint density at radius 3 is 2.73 bits per heavy atom. The number of nitrogens with zero attached hydrogens (tertiary/aromatic N) is 1. The van der Waals surface area contributed by atoms with Crippen molar-refractivity contribution in [3.05, 3.63) is 39.8 Å². The average molecular weight is 278 g/mol. The van der Waals surface area contributed by atoms with Crippen LogP contribution in [0.15, 0.2) is 34.8 Å². The normalized spacial score (nSPS) is 11.3. The third-order valence-electron chi connectivity index (χ3n) is 2.46. The minimum absolute atomic E-state index is 1.12. The molecule has 2 aromatic carbocycles. The first kappa shape index (κ1) is 9.31. The van der Waals surface area contributed by atoms with E-state index in [1.807, 2.05) is 6.92 Å². The first-order valence-corrected chi connectivity index (χ1v) is 6.31. The Hall–Kier alpha value is -0.930. The molecule has 0 atom stereocenters. The maximum Gasteiger partial charge on any atom is 0.0908 e. The van der Waals surface area contributed by atoms with E-state index < -0.39 is 0 Å². The molecule has 0 aliphatic heterocycles. The van der Waals surface area contributed by atoms with Gasteiger partial charge in [0.05, 0.1) is 15.2 Å². The van der Waals surface area contributed by atoms with Gasteiger partial charge in [0.1, 0.15) is 0 Å². The minimum atomic E-state index is 1.12. The molecule has 0 aliphatic rings. The van der Waals surface area contributed by atoms with Crippen LogP contribution in [0.1, 0.15) is 5.01 Å². The van der Waals surface area contributed by atoms with Crippen LogP contribution in [0.5, 0.6) is 0 Å². The second-order valence-electron chi connectivity index (χ2n) is 3.48. The highest BCUT2D eigenvalue weighted by Gasteiger charge is 2.07. The van der Waals surface area contributed by atoms with E-state index in [0.29, 0.717) is 0 Å². The lowest BCUT2D eigenvalue weighted by Crippen LogP contribution is -1.77. The molecule has 0 aliphatic carbocycles. The lowest BCUT2D eigenvalue weighted by atomic mass is 10.1. The summed E-state index contributed by atoms with van der Waals surface area (Å²) in [6.45, 7) is 2.05. The van der Waals surface area contributed by atoms with Gasteiger partial charge in [-0.1, -0.05) is 40.2 Å². The van der Waals surface area contributed by atoms with Crippen molar-refractivity contribution < 1.29 is 0 Å². The smallest absolute Gasteiger partial charge is 0.0908 e. The van der Waals surface area contributed by atoms with Gasteiger partial charge in [-0.2, -0.15) is 0 Å². The summed E-state index contributed by atoms with van der Waals surface area (Å²) in [5.41, 5.74) is 1.12. The first-order chi connectivity index (χ1) is 7.25. The van der Waals surface area contributed by atoms with Gasteiger partial charge >= 0.3 is 0 Å². The van der Waals surface area contributed by atoms with Crippen LogP contribution in [0.25, 0.3) is 21.0 Å². The number of hydrogen-bond donors (Lipinski definition) is 0. The molecule has 1 nitrogen and oxygen atoms in total. The number of fused-ring (bicyclic) bond motifs is 3. The molecule has 0 saturated heterocycles. The van der Waals surface area contributed by atoms with Gasteiger partial charge < -0.3 is 0 Å². The van der Waals surface area contributed by atoms with Crippen molar-refractivity contribution in [1.82, 2.24) is 4.98 Å². The fourth-order valence-corrected chi connectivity index (χ4v) is 3.43. The zero-order chi connectivity index (χ0) is 10.4. The van der Waals surface area contributed by atoms with Gasteiger partial charge in [-0.25, -0.2) is 4.98 Å². The van der Waals surface area contributed by atoms with E-state index in [-0.39, 0.29) is 0 Å². The van der Waals surface area contributed by atoms with Crippen molar-refractivity contribution in [2.45, 2.75) is 6.92 Å². The largest absolute Gasteiger partial charge is 0.241 e. The molecule has 3 heteroatoms. The van der Waals surface area contributed by atoms with Gasteiger partial charge in [0, 0.05) is 9.86 Å². The zero-order valence-electron chi connectivity index (χ0n) is 8.12. The van der Waals surface area contributed by atoms with E-state index in [4.69, 9.17) is 0 Å². The lowest BCUT2D eigenvalue weighted by molar-refractivity contribution is 1.35. The Labute approximate surface area is 99.9 Å². The summed E-state index contributed by atoms with van der Waals surface area (Å²) in [6, 6.07) is 10.5. The lowest BCUT2D eigenvalue weighted by Gasteiger charge is -2.00. The van der Waals surface area contributed by atoms with Crippen molar-refractivity contribution in [1.29, 1.82) is 0 Å². The topological polar surface area (TPSA) is 12.9 Å². The van der Waals surface area contributed by atoms with Crippen LogP contribution in [-0.4, -0.2) is 4.98 Å². The monoisotopic (exact) mass is 277 g/mol. The highest BCUT2D eigenvalue weighted by Crippen LogP contribution is 2.34. The van der Waals surface area contributed by atoms with Gasteiger partial charge in [-0.05, 0) is 18.4 Å². The molecule has 0 unspecified atom stereocenters. The van der Waals surface area contributed by atoms with Crippen molar-refractivity contribution in [2.24, 2.45) is 0 Å². The van der Waals surface area contributed by atoms with E-state index in [0.717, 1.165) is 15.0 Å². The summed E-state index contributed by atoms with van der Waals surface area (Å²) in [6.07, 6.45) is 0. The van der Waals surface area contributed by atoms with E-state index in [1.54, 1.807) is 11.3 Å². The molecule has 0 fully saturated rings. The van der Waals surface area contributed by atoms with E-state index in [9.17, 15) is 0 Å². The molecular formula is C12H8BrNS. The summed E-state index contributed by atoms with van der Waals surface area (Å²) in [5.74, 6) is 0. The first-order valence-electron chi connectivity index (χ1n) is 4.70. The third kappa shape index (κ3) is 1.38. The predicted molar refractivity (Wildman–Crippen MR) is 69.6 cm³/mol. The molecule has 0 bridgehead atoms. The summed E-state index contributed by atoms with van der Waals surface area (Å²) in [4.78, 5) is 4.58. The van der Waals surface area contributed by atoms with Crippen molar-refractivity contribution in [3.8, 4) is 0 Å². The zero-order valence-corrected chi connectivity index (χ0v) is 10.5. The predicted octanol–water partition coefficient (Wildman–Crippen LogP) is 4.52. The number of thiazole rings is 1. The summed E-state index contributed by atoms with van der Waals surface area (Å²) in [7, 11) is 0. The van der Waals surface area contributed by atoms with Gasteiger partial charge in [0.15, 0.2) is 0 Å². The van der Waals surface area contributed by atoms with Gasteiger partial charge in [-0.3, -0.25) is 0 Å². The Balaban J connectivity index is 2.62. The maximum absolute atomic E-state index is 4.58. The van der Waals surface area contributed by atoms with Gasteiger partial charge in [0.2, 0.25) is 0 Å². The van der Waals surface area contributed by atoms with Crippen molar-refractivity contribution >= 4 is 48.3 Å². The molecule has 0 radical (unpaired) electrons. The Bertz CT molecular complexity index is 657. The van der Waals surface area contributed by atoms with E-state index >= 15 is 0 Å². The van der Waals surface area contributed by atoms with Gasteiger partial charge in [0.25, 0.3) is 0 Å². The second kappa shape index (κ2) is 3.29. The number of rotatable bonds is 0. The van der Waals surface area contributed by atoms with Crippen LogP contribution >= 0.6 is 27.3 Å². The minimum Gasteiger partial charge on any atom is -0.241 e. The van der Waals surface area contributed by atoms with E-state index in [2.05, 4.69) is 51.2 Å². The Kier molecular flexibility index (Phi) is 2.04. The molecule has 1 heterocycles. The molecule has 0 spiro atoms. The molecule has 0 N–H and O–H groups in total.